The van der Waals surface area contributed by atoms with Crippen LogP contribution in [-0.2, 0) is 27.2 Å². The summed E-state index contributed by atoms with van der Waals surface area (Å²) in [6.07, 6.45) is 0. The maximum Gasteiger partial charge on any atom is 0.398 e. The molecule has 0 unspecified atom stereocenters. The fraction of sp³-hybridized carbons (Fsp3) is 0.667. The van der Waals surface area contributed by atoms with Crippen LogP contribution in [0.15, 0.2) is 19.3 Å². The topological polar surface area (TPSA) is 149 Å². The molecule has 0 aromatic carbocycles. The first-order chi connectivity index (χ1) is 13.4. The minimum atomic E-state index is -3.48. The zero-order chi connectivity index (χ0) is 20.6. The Bertz CT molecular complexity index is 759. The Morgan fingerprint density at radius 3 is 1.29 bits per heavy atom. The first kappa shape index (κ1) is 23.6. The summed E-state index contributed by atoms with van der Waals surface area (Å²) in [5.41, 5.74) is 0. The van der Waals surface area contributed by atoms with Gasteiger partial charge < -0.3 is 26.9 Å². The van der Waals surface area contributed by atoms with Gasteiger partial charge in [-0.1, -0.05) is 0 Å². The largest absolute Gasteiger partial charge is 0.407 e. The lowest BCUT2D eigenvalue weighted by molar-refractivity contribution is 0.235. The Hall–Kier alpha value is -0.720. The average molecular weight is 474 g/mol. The molecule has 0 aliphatic heterocycles. The van der Waals surface area contributed by atoms with Gasteiger partial charge in [-0.05, 0) is 27.7 Å². The number of hydrogen-bond donors (Lipinski definition) is 0. The fourth-order valence-electron chi connectivity index (χ4n) is 1.67. The molecule has 16 heteroatoms. The maximum absolute atomic E-state index is 12.5. The van der Waals surface area contributed by atoms with Crippen LogP contribution < -0.4 is 0 Å². The lowest BCUT2D eigenvalue weighted by atomic mass is 10.7. The Labute approximate surface area is 169 Å². The van der Waals surface area contributed by atoms with Crippen molar-refractivity contribution >= 4 is 36.4 Å². The molecule has 0 fully saturated rings. The van der Waals surface area contributed by atoms with Gasteiger partial charge in [-0.25, -0.2) is 9.13 Å². The molecule has 2 aromatic heterocycles. The van der Waals surface area contributed by atoms with E-state index < -0.39 is 13.6 Å². The van der Waals surface area contributed by atoms with Crippen molar-refractivity contribution in [2.45, 2.75) is 38.1 Å². The van der Waals surface area contributed by atoms with Gasteiger partial charge >= 0.3 is 25.4 Å². The summed E-state index contributed by atoms with van der Waals surface area (Å²) in [6.45, 7) is 0.550. The van der Waals surface area contributed by atoms with E-state index in [-0.39, 0.29) is 48.7 Å². The van der Waals surface area contributed by atoms with Crippen LogP contribution in [0.4, 0.5) is 0 Å². The quantitative estimate of drug-likeness (QED) is 0.370. The summed E-state index contributed by atoms with van der Waals surface area (Å²) >= 11 is 1.35. The van der Waals surface area contributed by atoms with Crippen molar-refractivity contribution in [1.29, 1.82) is 0 Å². The van der Waals surface area contributed by atoms with E-state index in [2.05, 4.69) is 20.4 Å². The lowest BCUT2D eigenvalue weighted by Gasteiger charge is -2.13. The minimum Gasteiger partial charge on any atom is -0.407 e. The molecule has 0 atom stereocenters. The second-order valence-electron chi connectivity index (χ2n) is 4.49. The van der Waals surface area contributed by atoms with Gasteiger partial charge in [0, 0.05) is 0 Å². The molecule has 0 saturated carbocycles. The molecule has 0 saturated heterocycles. The van der Waals surface area contributed by atoms with Crippen molar-refractivity contribution in [3.8, 4) is 11.8 Å². The van der Waals surface area contributed by atoms with E-state index in [9.17, 15) is 9.13 Å². The summed E-state index contributed by atoms with van der Waals surface area (Å²) in [5, 5.41) is 14.9. The summed E-state index contributed by atoms with van der Waals surface area (Å²) in [5.74, 6) is -0.215. The van der Waals surface area contributed by atoms with E-state index >= 15 is 0 Å². The van der Waals surface area contributed by atoms with Crippen LogP contribution in [0.1, 0.15) is 27.7 Å². The van der Waals surface area contributed by atoms with Gasteiger partial charge in [0.2, 0.25) is 0 Å². The van der Waals surface area contributed by atoms with Crippen molar-refractivity contribution < 1.29 is 36.1 Å². The van der Waals surface area contributed by atoms with Crippen molar-refractivity contribution in [3.05, 3.63) is 0 Å². The molecule has 158 valence electrons. The van der Waals surface area contributed by atoms with Crippen molar-refractivity contribution in [2.75, 3.05) is 26.4 Å². The van der Waals surface area contributed by atoms with Gasteiger partial charge in [-0.2, -0.15) is 0 Å². The average Bonchev–Trinajstić information content (AvgIpc) is 3.24. The molecular formula is C12H20N4O8P2S2. The third-order valence-corrected chi connectivity index (χ3v) is 9.46. The fourth-order valence-corrected chi connectivity index (χ4v) is 7.55. The van der Waals surface area contributed by atoms with Gasteiger partial charge in [0.25, 0.3) is 10.4 Å². The van der Waals surface area contributed by atoms with Gasteiger partial charge in [-0.15, -0.1) is 20.4 Å². The normalized spacial score (nSPS) is 12.6. The molecule has 0 aliphatic carbocycles. The predicted octanol–water partition coefficient (Wildman–Crippen LogP) is 4.67. The van der Waals surface area contributed by atoms with E-state index in [4.69, 9.17) is 26.9 Å². The molecule has 12 nitrogen and oxygen atoms in total. The molecule has 0 N–H and O–H groups in total. The Kier molecular flexibility index (Phi) is 9.16. The highest BCUT2D eigenvalue weighted by Crippen LogP contribution is 2.64. The van der Waals surface area contributed by atoms with E-state index in [1.807, 2.05) is 0 Å². The molecular weight excluding hydrogens is 454 g/mol. The zero-order valence-corrected chi connectivity index (χ0v) is 19.0. The molecule has 2 heterocycles. The molecule has 0 aliphatic rings. The summed E-state index contributed by atoms with van der Waals surface area (Å²) in [4.78, 5) is 0. The number of rotatable bonds is 13. The van der Waals surface area contributed by atoms with E-state index in [0.29, 0.717) is 22.8 Å². The molecule has 2 rings (SSSR count). The van der Waals surface area contributed by atoms with E-state index in [1.54, 1.807) is 27.7 Å². The van der Waals surface area contributed by atoms with Crippen LogP contribution in [-0.4, -0.2) is 46.8 Å². The first-order valence-electron chi connectivity index (χ1n) is 8.21. The van der Waals surface area contributed by atoms with Gasteiger partial charge in [0.15, 0.2) is 0 Å². The predicted molar refractivity (Wildman–Crippen MR) is 101 cm³/mol. The Balaban J connectivity index is 2.12. The highest BCUT2D eigenvalue weighted by atomic mass is 32.7. The van der Waals surface area contributed by atoms with Crippen LogP contribution in [0.5, 0.6) is 0 Å². The van der Waals surface area contributed by atoms with Crippen molar-refractivity contribution in [1.82, 2.24) is 20.4 Å². The smallest absolute Gasteiger partial charge is 0.398 e. The molecule has 0 spiro atoms. The number of hydrogen-bond acceptors (Lipinski definition) is 14. The summed E-state index contributed by atoms with van der Waals surface area (Å²) in [7, 11) is 0. The summed E-state index contributed by atoms with van der Waals surface area (Å²) < 4.78 is 56.3. The highest BCUT2D eigenvalue weighted by Gasteiger charge is 2.32. The SMILES string of the molecule is CCOP(=O)(OCC)Sc1nnc(-c2nnc(SP(=O)(OCC)OCC)o2)o1. The van der Waals surface area contributed by atoms with Crippen molar-refractivity contribution in [3.63, 3.8) is 0 Å². The second-order valence-corrected chi connectivity index (χ2v) is 12.2. The van der Waals surface area contributed by atoms with Crippen molar-refractivity contribution in [2.24, 2.45) is 0 Å². The maximum atomic E-state index is 12.5. The third-order valence-electron chi connectivity index (χ3n) is 2.52. The van der Waals surface area contributed by atoms with Gasteiger partial charge in [0.1, 0.15) is 0 Å². The first-order valence-corrected chi connectivity index (χ1v) is 14.1. The molecule has 2 aromatic rings. The Morgan fingerprint density at radius 2 is 1.00 bits per heavy atom. The second kappa shape index (κ2) is 10.9. The number of nitrogens with zero attached hydrogens (tertiary/aromatic N) is 4. The molecule has 0 amide bonds. The zero-order valence-electron chi connectivity index (χ0n) is 15.6. The lowest BCUT2D eigenvalue weighted by Crippen LogP contribution is -1.92. The Morgan fingerprint density at radius 1 is 0.679 bits per heavy atom. The summed E-state index contributed by atoms with van der Waals surface area (Å²) in [6, 6.07) is 0. The molecule has 28 heavy (non-hydrogen) atoms. The van der Waals surface area contributed by atoms with Gasteiger partial charge in [0.05, 0.1) is 49.2 Å². The van der Waals surface area contributed by atoms with Crippen LogP contribution in [0, 0.1) is 0 Å². The van der Waals surface area contributed by atoms with E-state index in [0.717, 1.165) is 0 Å². The molecule has 0 bridgehead atoms. The minimum absolute atomic E-state index is 0.0538. The number of aromatic nitrogens is 4. The van der Waals surface area contributed by atoms with Crippen LogP contribution in [0.2, 0.25) is 0 Å². The van der Waals surface area contributed by atoms with Crippen LogP contribution in [0.3, 0.4) is 0 Å². The van der Waals surface area contributed by atoms with Crippen LogP contribution >= 0.6 is 36.4 Å². The standard InChI is InChI=1S/C12H20N4O8P2S2/c1-5-19-25(17,20-6-2)27-11-15-13-9(23-11)10-14-16-12(24-10)28-26(18,21-7-3)22-8-4/h5-8H2,1-4H3. The van der Waals surface area contributed by atoms with Crippen LogP contribution in [0.25, 0.3) is 11.8 Å². The van der Waals surface area contributed by atoms with Gasteiger partial charge in [-0.3, -0.25) is 0 Å². The van der Waals surface area contributed by atoms with E-state index in [1.165, 1.54) is 0 Å². The third kappa shape index (κ3) is 6.67. The highest BCUT2D eigenvalue weighted by molar-refractivity contribution is 8.55. The monoisotopic (exact) mass is 474 g/mol. The molecule has 0 radical (unpaired) electrons.